The summed E-state index contributed by atoms with van der Waals surface area (Å²) in [7, 11) is 3.81. The van der Waals surface area contributed by atoms with Gasteiger partial charge in [-0.2, -0.15) is 0 Å². The highest BCUT2D eigenvalue weighted by atomic mass is 16.5. The van der Waals surface area contributed by atoms with E-state index in [4.69, 9.17) is 9.47 Å². The molecule has 0 aromatic rings. The maximum absolute atomic E-state index is 6.02. The number of hydrogen-bond donors (Lipinski definition) is 1. The van der Waals surface area contributed by atoms with Crippen molar-refractivity contribution >= 4 is 0 Å². The van der Waals surface area contributed by atoms with E-state index in [-0.39, 0.29) is 0 Å². The highest BCUT2D eigenvalue weighted by molar-refractivity contribution is 4.80. The maximum Gasteiger partial charge on any atom is 0.0707 e. The van der Waals surface area contributed by atoms with Gasteiger partial charge in [-0.1, -0.05) is 0 Å². The number of methoxy groups -OCH3 is 1. The molecular formula is C13H26N2O2. The van der Waals surface area contributed by atoms with Crippen LogP contribution in [-0.4, -0.2) is 63.5 Å². The van der Waals surface area contributed by atoms with Gasteiger partial charge in [-0.15, -0.1) is 0 Å². The van der Waals surface area contributed by atoms with Crippen LogP contribution in [0.5, 0.6) is 0 Å². The molecule has 17 heavy (non-hydrogen) atoms. The number of nitrogens with one attached hydrogen (secondary N) is 1. The van der Waals surface area contributed by atoms with E-state index < -0.39 is 0 Å². The fourth-order valence-electron chi connectivity index (χ4n) is 2.91. The first kappa shape index (κ1) is 13.3. The number of ether oxygens (including phenoxy) is 2. The van der Waals surface area contributed by atoms with Gasteiger partial charge in [0.05, 0.1) is 18.3 Å². The summed E-state index contributed by atoms with van der Waals surface area (Å²) in [5.74, 6) is 0. The van der Waals surface area contributed by atoms with Gasteiger partial charge in [-0.25, -0.2) is 0 Å². The van der Waals surface area contributed by atoms with Crippen LogP contribution in [0, 0.1) is 0 Å². The van der Waals surface area contributed by atoms with Crippen molar-refractivity contribution in [2.45, 2.75) is 44.0 Å². The Kier molecular flexibility index (Phi) is 5.22. The Morgan fingerprint density at radius 3 is 2.53 bits per heavy atom. The van der Waals surface area contributed by atoms with Crippen LogP contribution in [0.15, 0.2) is 0 Å². The third kappa shape index (κ3) is 3.91. The Morgan fingerprint density at radius 2 is 1.88 bits per heavy atom. The highest BCUT2D eigenvalue weighted by Gasteiger charge is 2.28. The number of piperidine rings is 1. The van der Waals surface area contributed by atoms with E-state index in [2.05, 4.69) is 10.2 Å². The first-order valence-electron chi connectivity index (χ1n) is 6.87. The fraction of sp³-hybridized carbons (Fsp3) is 1.00. The van der Waals surface area contributed by atoms with Crippen molar-refractivity contribution in [2.75, 3.05) is 40.3 Å². The van der Waals surface area contributed by atoms with Gasteiger partial charge in [0, 0.05) is 33.3 Å². The molecule has 2 aliphatic heterocycles. The summed E-state index contributed by atoms with van der Waals surface area (Å²) in [5, 5.41) is 3.19. The third-order valence-corrected chi connectivity index (χ3v) is 3.96. The second-order valence-electron chi connectivity index (χ2n) is 5.25. The van der Waals surface area contributed by atoms with Crippen LogP contribution in [0.3, 0.4) is 0 Å². The van der Waals surface area contributed by atoms with Gasteiger partial charge in [0.15, 0.2) is 0 Å². The highest BCUT2D eigenvalue weighted by Crippen LogP contribution is 2.22. The molecule has 0 saturated carbocycles. The quantitative estimate of drug-likeness (QED) is 0.775. The molecular weight excluding hydrogens is 216 g/mol. The summed E-state index contributed by atoms with van der Waals surface area (Å²) < 4.78 is 11.4. The first-order chi connectivity index (χ1) is 8.31. The largest absolute Gasteiger partial charge is 0.381 e. The van der Waals surface area contributed by atoms with Crippen LogP contribution in [0.25, 0.3) is 0 Å². The van der Waals surface area contributed by atoms with Crippen LogP contribution in [-0.2, 0) is 9.47 Å². The number of hydrogen-bond acceptors (Lipinski definition) is 4. The van der Waals surface area contributed by atoms with E-state index in [1.807, 2.05) is 14.2 Å². The minimum atomic E-state index is 0.432. The van der Waals surface area contributed by atoms with Gasteiger partial charge < -0.3 is 19.7 Å². The minimum Gasteiger partial charge on any atom is -0.381 e. The van der Waals surface area contributed by atoms with E-state index in [1.165, 1.54) is 25.7 Å². The monoisotopic (exact) mass is 242 g/mol. The van der Waals surface area contributed by atoms with E-state index in [9.17, 15) is 0 Å². The van der Waals surface area contributed by atoms with E-state index in [0.29, 0.717) is 18.3 Å². The van der Waals surface area contributed by atoms with Crippen molar-refractivity contribution in [1.29, 1.82) is 0 Å². The summed E-state index contributed by atoms with van der Waals surface area (Å²) in [4.78, 5) is 2.53. The average molecular weight is 242 g/mol. The van der Waals surface area contributed by atoms with E-state index in [0.717, 1.165) is 26.2 Å². The normalized spacial score (nSPS) is 32.1. The number of rotatable bonds is 5. The zero-order valence-electron chi connectivity index (χ0n) is 11.2. The summed E-state index contributed by atoms with van der Waals surface area (Å²) in [6.07, 6.45) is 6.13. The lowest BCUT2D eigenvalue weighted by Crippen LogP contribution is -2.41. The maximum atomic E-state index is 6.02. The van der Waals surface area contributed by atoms with Crippen molar-refractivity contribution in [2.24, 2.45) is 0 Å². The average Bonchev–Trinajstić information content (AvgIpc) is 2.78. The molecule has 100 valence electrons. The van der Waals surface area contributed by atoms with Gasteiger partial charge in [0.2, 0.25) is 0 Å². The van der Waals surface area contributed by atoms with Crippen LogP contribution in [0.4, 0.5) is 0 Å². The zero-order chi connectivity index (χ0) is 12.1. The molecule has 1 N–H and O–H groups in total. The molecule has 2 atom stereocenters. The van der Waals surface area contributed by atoms with Gasteiger partial charge in [-0.05, 0) is 32.7 Å². The molecule has 0 amide bonds. The molecule has 0 bridgehead atoms. The molecule has 2 aliphatic rings. The Hall–Kier alpha value is -0.160. The molecule has 2 saturated heterocycles. The number of nitrogens with zero attached hydrogens (tertiary/aromatic N) is 1. The zero-order valence-corrected chi connectivity index (χ0v) is 11.2. The van der Waals surface area contributed by atoms with Crippen molar-refractivity contribution in [1.82, 2.24) is 10.2 Å². The van der Waals surface area contributed by atoms with Gasteiger partial charge >= 0.3 is 0 Å². The summed E-state index contributed by atoms with van der Waals surface area (Å²) >= 11 is 0. The Bertz CT molecular complexity index is 217. The molecule has 2 rings (SSSR count). The number of likely N-dealkylation sites (N-methyl/N-ethyl adjacent to an activating group) is 1. The fourth-order valence-corrected chi connectivity index (χ4v) is 2.91. The van der Waals surface area contributed by atoms with Crippen molar-refractivity contribution in [3.63, 3.8) is 0 Å². The summed E-state index contributed by atoms with van der Waals surface area (Å²) in [6, 6.07) is 0. The lowest BCUT2D eigenvalue weighted by molar-refractivity contribution is -0.00104. The molecule has 0 aliphatic carbocycles. The molecule has 0 aromatic heterocycles. The van der Waals surface area contributed by atoms with E-state index in [1.54, 1.807) is 0 Å². The van der Waals surface area contributed by atoms with Crippen molar-refractivity contribution in [3.8, 4) is 0 Å². The molecule has 4 heteroatoms. The van der Waals surface area contributed by atoms with Gasteiger partial charge in [-0.3, -0.25) is 0 Å². The Labute approximate surface area is 105 Å². The first-order valence-corrected chi connectivity index (χ1v) is 6.87. The van der Waals surface area contributed by atoms with Crippen LogP contribution in [0.2, 0.25) is 0 Å². The van der Waals surface area contributed by atoms with Crippen LogP contribution < -0.4 is 5.32 Å². The molecule has 2 fully saturated rings. The molecule has 2 heterocycles. The van der Waals surface area contributed by atoms with Crippen molar-refractivity contribution in [3.05, 3.63) is 0 Å². The Balaban J connectivity index is 1.65. The van der Waals surface area contributed by atoms with Gasteiger partial charge in [0.1, 0.15) is 0 Å². The summed E-state index contributed by atoms with van der Waals surface area (Å²) in [5.41, 5.74) is 0. The lowest BCUT2D eigenvalue weighted by Gasteiger charge is -2.32. The van der Waals surface area contributed by atoms with Gasteiger partial charge in [0.25, 0.3) is 0 Å². The SMILES string of the molecule is CNCC1CCC(CN2CCC(OC)CC2)O1. The molecule has 0 aromatic carbocycles. The molecule has 0 spiro atoms. The van der Waals surface area contributed by atoms with Crippen LogP contribution in [0.1, 0.15) is 25.7 Å². The second-order valence-corrected chi connectivity index (χ2v) is 5.25. The van der Waals surface area contributed by atoms with Crippen LogP contribution >= 0.6 is 0 Å². The predicted octanol–water partition coefficient (Wildman–Crippen LogP) is 0.864. The van der Waals surface area contributed by atoms with E-state index >= 15 is 0 Å². The molecule has 0 radical (unpaired) electrons. The number of likely N-dealkylation sites (tertiary alicyclic amines) is 1. The second kappa shape index (κ2) is 6.69. The predicted molar refractivity (Wildman–Crippen MR) is 68.3 cm³/mol. The summed E-state index contributed by atoms with van der Waals surface area (Å²) in [6.45, 7) is 4.42. The molecule has 4 nitrogen and oxygen atoms in total. The topological polar surface area (TPSA) is 33.7 Å². The van der Waals surface area contributed by atoms with Crippen molar-refractivity contribution < 1.29 is 9.47 Å². The Morgan fingerprint density at radius 1 is 1.18 bits per heavy atom. The lowest BCUT2D eigenvalue weighted by atomic mass is 10.1. The standard InChI is InChI=1S/C13H26N2O2/c1-14-9-12-3-4-13(17-12)10-15-7-5-11(16-2)6-8-15/h11-14H,3-10H2,1-2H3. The minimum absolute atomic E-state index is 0.432. The third-order valence-electron chi connectivity index (χ3n) is 3.96. The molecule has 2 unspecified atom stereocenters. The smallest absolute Gasteiger partial charge is 0.0707 e.